The molecule has 2 atom stereocenters. The number of benzene rings is 2. The standard InChI is InChI=1S/C19H18N4O2/c1-11-7-9-13(10-8-11)16-17(18(24)22-21-16)23-12(2)20-15-6-4-3-5-14(15)19(23)25/h3-10,16-17,21H,1-2H3,(H,22,24). The Balaban J connectivity index is 1.89. The SMILES string of the molecule is Cc1ccc(C2NNC(=O)C2n2c(C)nc3ccccc3c2=O)cc1. The molecule has 1 aliphatic heterocycles. The van der Waals surface area contributed by atoms with Gasteiger partial charge in [0.1, 0.15) is 11.9 Å². The van der Waals surface area contributed by atoms with Crippen molar-refractivity contribution in [3.05, 3.63) is 75.8 Å². The summed E-state index contributed by atoms with van der Waals surface area (Å²) >= 11 is 0. The van der Waals surface area contributed by atoms with E-state index in [0.717, 1.165) is 11.1 Å². The molecule has 25 heavy (non-hydrogen) atoms. The summed E-state index contributed by atoms with van der Waals surface area (Å²) in [4.78, 5) is 30.0. The minimum absolute atomic E-state index is 0.205. The van der Waals surface area contributed by atoms with Gasteiger partial charge in [-0.15, -0.1) is 0 Å². The monoisotopic (exact) mass is 334 g/mol. The number of carbonyl (C=O) groups is 1. The van der Waals surface area contributed by atoms with Gasteiger partial charge >= 0.3 is 0 Å². The summed E-state index contributed by atoms with van der Waals surface area (Å²) in [5, 5.41) is 0.510. The maximum Gasteiger partial charge on any atom is 0.262 e. The first-order chi connectivity index (χ1) is 12.1. The number of carbonyl (C=O) groups excluding carboxylic acids is 1. The Hall–Kier alpha value is -2.99. The number of hydrazine groups is 1. The predicted molar refractivity (Wildman–Crippen MR) is 95.0 cm³/mol. The van der Waals surface area contributed by atoms with Gasteiger partial charge in [-0.2, -0.15) is 0 Å². The first kappa shape index (κ1) is 15.5. The lowest BCUT2D eigenvalue weighted by molar-refractivity contribution is -0.122. The van der Waals surface area contributed by atoms with Crippen LogP contribution in [0.3, 0.4) is 0 Å². The van der Waals surface area contributed by atoms with E-state index in [9.17, 15) is 9.59 Å². The van der Waals surface area contributed by atoms with Gasteiger partial charge in [-0.05, 0) is 31.5 Å². The summed E-state index contributed by atoms with van der Waals surface area (Å²) < 4.78 is 1.49. The Kier molecular flexibility index (Phi) is 3.62. The summed E-state index contributed by atoms with van der Waals surface area (Å²) in [5.41, 5.74) is 8.17. The summed E-state index contributed by atoms with van der Waals surface area (Å²) in [6, 6.07) is 14.1. The molecular formula is C19H18N4O2. The van der Waals surface area contributed by atoms with Gasteiger partial charge in [0.25, 0.3) is 11.5 Å². The number of para-hydroxylation sites is 1. The van der Waals surface area contributed by atoms with Gasteiger partial charge < -0.3 is 0 Å². The van der Waals surface area contributed by atoms with Crippen molar-refractivity contribution < 1.29 is 4.79 Å². The van der Waals surface area contributed by atoms with E-state index in [1.807, 2.05) is 37.3 Å². The van der Waals surface area contributed by atoms with Crippen LogP contribution in [0.2, 0.25) is 0 Å². The summed E-state index contributed by atoms with van der Waals surface area (Å²) in [6.45, 7) is 3.76. The largest absolute Gasteiger partial charge is 0.289 e. The molecule has 1 amide bonds. The lowest BCUT2D eigenvalue weighted by Crippen LogP contribution is -2.34. The van der Waals surface area contributed by atoms with Crippen LogP contribution in [0.25, 0.3) is 10.9 Å². The Morgan fingerprint density at radius 2 is 1.72 bits per heavy atom. The van der Waals surface area contributed by atoms with Crippen molar-refractivity contribution in [1.82, 2.24) is 20.4 Å². The quantitative estimate of drug-likeness (QED) is 0.751. The van der Waals surface area contributed by atoms with E-state index < -0.39 is 6.04 Å². The zero-order valence-electron chi connectivity index (χ0n) is 14.0. The molecule has 2 N–H and O–H groups in total. The van der Waals surface area contributed by atoms with Crippen molar-refractivity contribution >= 4 is 16.8 Å². The molecule has 0 bridgehead atoms. The van der Waals surface area contributed by atoms with Crippen molar-refractivity contribution in [2.24, 2.45) is 0 Å². The van der Waals surface area contributed by atoms with E-state index in [1.165, 1.54) is 4.57 Å². The Morgan fingerprint density at radius 1 is 1.00 bits per heavy atom. The number of fused-ring (bicyclic) bond motifs is 1. The van der Waals surface area contributed by atoms with Crippen molar-refractivity contribution in [1.29, 1.82) is 0 Å². The van der Waals surface area contributed by atoms with Gasteiger partial charge in [-0.25, -0.2) is 10.4 Å². The summed E-state index contributed by atoms with van der Waals surface area (Å²) in [7, 11) is 0. The third-order valence-electron chi connectivity index (χ3n) is 4.63. The zero-order chi connectivity index (χ0) is 17.6. The van der Waals surface area contributed by atoms with E-state index in [4.69, 9.17) is 0 Å². The molecule has 6 heteroatoms. The lowest BCUT2D eigenvalue weighted by Gasteiger charge is -2.21. The second kappa shape index (κ2) is 5.82. The van der Waals surface area contributed by atoms with Gasteiger partial charge in [0, 0.05) is 0 Å². The van der Waals surface area contributed by atoms with Crippen molar-refractivity contribution in [3.8, 4) is 0 Å². The molecule has 2 unspecified atom stereocenters. The number of hydrogen-bond acceptors (Lipinski definition) is 4. The number of aromatic nitrogens is 2. The molecule has 2 heterocycles. The first-order valence-electron chi connectivity index (χ1n) is 8.16. The molecule has 4 rings (SSSR count). The second-order valence-electron chi connectivity index (χ2n) is 6.32. The molecule has 1 aliphatic rings. The molecule has 1 saturated heterocycles. The fraction of sp³-hybridized carbons (Fsp3) is 0.211. The Bertz CT molecular complexity index is 1020. The number of nitrogens with one attached hydrogen (secondary N) is 2. The maximum atomic E-state index is 13.0. The third-order valence-corrected chi connectivity index (χ3v) is 4.63. The van der Waals surface area contributed by atoms with Crippen LogP contribution in [0, 0.1) is 13.8 Å². The normalized spacial score (nSPS) is 20.0. The second-order valence-corrected chi connectivity index (χ2v) is 6.32. The van der Waals surface area contributed by atoms with Crippen LogP contribution in [0.4, 0.5) is 0 Å². The van der Waals surface area contributed by atoms with Crippen molar-refractivity contribution in [3.63, 3.8) is 0 Å². The lowest BCUT2D eigenvalue weighted by atomic mass is 9.99. The van der Waals surface area contributed by atoms with Crippen molar-refractivity contribution in [2.45, 2.75) is 25.9 Å². The van der Waals surface area contributed by atoms with Crippen LogP contribution in [0.5, 0.6) is 0 Å². The third kappa shape index (κ3) is 2.51. The minimum atomic E-state index is -0.688. The van der Waals surface area contributed by atoms with E-state index in [-0.39, 0.29) is 17.5 Å². The molecule has 0 saturated carbocycles. The van der Waals surface area contributed by atoms with E-state index in [0.29, 0.717) is 16.7 Å². The molecule has 1 fully saturated rings. The highest BCUT2D eigenvalue weighted by molar-refractivity contribution is 5.84. The smallest absolute Gasteiger partial charge is 0.262 e. The molecular weight excluding hydrogens is 316 g/mol. The van der Waals surface area contributed by atoms with E-state index in [2.05, 4.69) is 15.8 Å². The summed E-state index contributed by atoms with van der Waals surface area (Å²) in [6.07, 6.45) is 0. The van der Waals surface area contributed by atoms with E-state index in [1.54, 1.807) is 25.1 Å². The average Bonchev–Trinajstić information content (AvgIpc) is 2.97. The van der Waals surface area contributed by atoms with Gasteiger partial charge in [0.05, 0.1) is 16.9 Å². The number of rotatable bonds is 2. The van der Waals surface area contributed by atoms with Crippen LogP contribution in [0.1, 0.15) is 29.0 Å². The Morgan fingerprint density at radius 3 is 2.48 bits per heavy atom. The first-order valence-corrected chi connectivity index (χ1v) is 8.16. The topological polar surface area (TPSA) is 76.0 Å². The number of hydrogen-bond donors (Lipinski definition) is 2. The molecule has 0 aliphatic carbocycles. The predicted octanol–water partition coefficient (Wildman–Crippen LogP) is 1.93. The molecule has 2 aromatic carbocycles. The number of aryl methyl sites for hydroxylation is 2. The molecule has 3 aromatic rings. The van der Waals surface area contributed by atoms with Crippen LogP contribution >= 0.6 is 0 Å². The fourth-order valence-electron chi connectivity index (χ4n) is 3.34. The highest BCUT2D eigenvalue weighted by Gasteiger charge is 2.38. The molecule has 6 nitrogen and oxygen atoms in total. The Labute approximate surface area is 144 Å². The molecule has 0 radical (unpaired) electrons. The van der Waals surface area contributed by atoms with Crippen LogP contribution in [-0.4, -0.2) is 15.5 Å². The van der Waals surface area contributed by atoms with Gasteiger partial charge in [0.2, 0.25) is 0 Å². The zero-order valence-corrected chi connectivity index (χ0v) is 14.0. The van der Waals surface area contributed by atoms with Crippen LogP contribution in [0.15, 0.2) is 53.3 Å². The highest BCUT2D eigenvalue weighted by Crippen LogP contribution is 2.30. The minimum Gasteiger partial charge on any atom is -0.289 e. The van der Waals surface area contributed by atoms with Crippen molar-refractivity contribution in [2.75, 3.05) is 0 Å². The van der Waals surface area contributed by atoms with Gasteiger partial charge in [-0.1, -0.05) is 42.0 Å². The molecule has 126 valence electrons. The fourth-order valence-corrected chi connectivity index (χ4v) is 3.34. The highest BCUT2D eigenvalue weighted by atomic mass is 16.2. The summed E-state index contributed by atoms with van der Waals surface area (Å²) in [5.74, 6) is 0.275. The molecule has 0 spiro atoms. The van der Waals surface area contributed by atoms with Gasteiger partial charge in [0.15, 0.2) is 0 Å². The van der Waals surface area contributed by atoms with E-state index >= 15 is 0 Å². The van der Waals surface area contributed by atoms with Gasteiger partial charge in [-0.3, -0.25) is 19.6 Å². The molecule has 1 aromatic heterocycles. The maximum absolute atomic E-state index is 13.0. The van der Waals surface area contributed by atoms with Crippen LogP contribution < -0.4 is 16.4 Å². The van der Waals surface area contributed by atoms with Crippen LogP contribution in [-0.2, 0) is 4.79 Å². The number of nitrogens with zero attached hydrogens (tertiary/aromatic N) is 2. The number of amides is 1. The average molecular weight is 334 g/mol.